The fourth-order valence-electron chi connectivity index (χ4n) is 3.76. The highest BCUT2D eigenvalue weighted by Gasteiger charge is 2.09. The van der Waals surface area contributed by atoms with Gasteiger partial charge in [-0.2, -0.15) is 5.10 Å². The molecule has 0 bridgehead atoms. The van der Waals surface area contributed by atoms with Gasteiger partial charge in [0.1, 0.15) is 12.1 Å². The SMILES string of the molecule is CCCCNc1cccc(-c2ccc3ncnc(Nc4cccc5[nH]ncc45)c3c2)c1. The third kappa shape index (κ3) is 3.92. The molecular weight excluding hydrogens is 384 g/mol. The number of fused-ring (bicyclic) bond motifs is 2. The zero-order valence-electron chi connectivity index (χ0n) is 17.4. The number of H-pyrrole nitrogens is 1. The van der Waals surface area contributed by atoms with Gasteiger partial charge >= 0.3 is 0 Å². The molecule has 0 fully saturated rings. The molecule has 0 saturated carbocycles. The standard InChI is InChI=1S/C25H24N6/c1-2-3-12-26-19-7-4-6-17(13-19)18-10-11-22-20(14-18)25(28-16-27-22)30-23-8-5-9-24-21(23)15-29-31-24/h4-11,13-16,26H,2-3,12H2,1H3,(H,29,31)(H,27,28,30). The fourth-order valence-corrected chi connectivity index (χ4v) is 3.76. The van der Waals surface area contributed by atoms with Crippen LogP contribution in [0.2, 0.25) is 0 Å². The van der Waals surface area contributed by atoms with Crippen LogP contribution in [0.1, 0.15) is 19.8 Å². The molecule has 0 amide bonds. The summed E-state index contributed by atoms with van der Waals surface area (Å²) in [5, 5.41) is 16.1. The van der Waals surface area contributed by atoms with Gasteiger partial charge in [-0.1, -0.05) is 37.6 Å². The molecule has 5 aromatic rings. The molecule has 154 valence electrons. The molecule has 3 aromatic carbocycles. The Hall–Kier alpha value is -3.93. The molecule has 0 atom stereocenters. The van der Waals surface area contributed by atoms with Crippen molar-refractivity contribution in [3.63, 3.8) is 0 Å². The summed E-state index contributed by atoms with van der Waals surface area (Å²) in [6, 6.07) is 20.9. The van der Waals surface area contributed by atoms with Crippen LogP contribution in [0.15, 0.2) is 73.2 Å². The number of aromatic amines is 1. The van der Waals surface area contributed by atoms with Crippen LogP contribution in [0.3, 0.4) is 0 Å². The topological polar surface area (TPSA) is 78.5 Å². The zero-order valence-corrected chi connectivity index (χ0v) is 17.4. The van der Waals surface area contributed by atoms with Crippen LogP contribution in [-0.4, -0.2) is 26.7 Å². The second kappa shape index (κ2) is 8.44. The summed E-state index contributed by atoms with van der Waals surface area (Å²) in [7, 11) is 0. The minimum absolute atomic E-state index is 0.776. The average molecular weight is 409 g/mol. The third-order valence-corrected chi connectivity index (χ3v) is 5.43. The van der Waals surface area contributed by atoms with Crippen molar-refractivity contribution in [1.82, 2.24) is 20.2 Å². The molecule has 0 spiro atoms. The molecule has 0 aliphatic rings. The van der Waals surface area contributed by atoms with Gasteiger partial charge in [0.2, 0.25) is 0 Å². The van der Waals surface area contributed by atoms with Crippen LogP contribution in [0.25, 0.3) is 32.9 Å². The Morgan fingerprint density at radius 2 is 1.81 bits per heavy atom. The summed E-state index contributed by atoms with van der Waals surface area (Å²) >= 11 is 0. The Bertz CT molecular complexity index is 1340. The van der Waals surface area contributed by atoms with E-state index in [1.54, 1.807) is 6.33 Å². The highest BCUT2D eigenvalue weighted by molar-refractivity contribution is 5.98. The van der Waals surface area contributed by atoms with Crippen molar-refractivity contribution in [2.24, 2.45) is 0 Å². The van der Waals surface area contributed by atoms with Crippen LogP contribution in [0.5, 0.6) is 0 Å². The lowest BCUT2D eigenvalue weighted by Crippen LogP contribution is -2.00. The summed E-state index contributed by atoms with van der Waals surface area (Å²) in [5.74, 6) is 0.776. The van der Waals surface area contributed by atoms with Gasteiger partial charge in [-0.15, -0.1) is 0 Å². The average Bonchev–Trinajstić information content (AvgIpc) is 3.29. The number of hydrogen-bond donors (Lipinski definition) is 3. The summed E-state index contributed by atoms with van der Waals surface area (Å²) in [5.41, 5.74) is 6.27. The zero-order chi connectivity index (χ0) is 21.0. The summed E-state index contributed by atoms with van der Waals surface area (Å²) in [6.45, 7) is 3.19. The Morgan fingerprint density at radius 3 is 2.74 bits per heavy atom. The predicted octanol–water partition coefficient (Wildman–Crippen LogP) is 6.13. The Morgan fingerprint density at radius 1 is 0.903 bits per heavy atom. The van der Waals surface area contributed by atoms with Gasteiger partial charge in [-0.3, -0.25) is 5.10 Å². The lowest BCUT2D eigenvalue weighted by molar-refractivity contribution is 0.834. The van der Waals surface area contributed by atoms with E-state index in [9.17, 15) is 0 Å². The van der Waals surface area contributed by atoms with Gasteiger partial charge in [0.05, 0.1) is 22.9 Å². The largest absolute Gasteiger partial charge is 0.385 e. The second-order valence-electron chi connectivity index (χ2n) is 7.58. The van der Waals surface area contributed by atoms with E-state index in [1.165, 1.54) is 6.42 Å². The van der Waals surface area contributed by atoms with Gasteiger partial charge in [-0.05, 0) is 53.9 Å². The highest BCUT2D eigenvalue weighted by atomic mass is 15.1. The first-order chi connectivity index (χ1) is 15.3. The van der Waals surface area contributed by atoms with Gasteiger partial charge in [0, 0.05) is 23.0 Å². The molecular formula is C25H24N6. The lowest BCUT2D eigenvalue weighted by atomic mass is 10.0. The maximum absolute atomic E-state index is 4.53. The number of nitrogens with zero attached hydrogens (tertiary/aromatic N) is 3. The molecule has 0 aliphatic heterocycles. The summed E-state index contributed by atoms with van der Waals surface area (Å²) < 4.78 is 0. The number of nitrogens with one attached hydrogen (secondary N) is 3. The molecule has 6 nitrogen and oxygen atoms in total. The number of hydrogen-bond acceptors (Lipinski definition) is 5. The first-order valence-corrected chi connectivity index (χ1v) is 10.6. The van der Waals surface area contributed by atoms with Crippen molar-refractivity contribution < 1.29 is 0 Å². The molecule has 6 heteroatoms. The number of anilines is 3. The second-order valence-corrected chi connectivity index (χ2v) is 7.58. The summed E-state index contributed by atoms with van der Waals surface area (Å²) in [4.78, 5) is 8.99. The molecule has 2 heterocycles. The molecule has 5 rings (SSSR count). The van der Waals surface area contributed by atoms with Crippen molar-refractivity contribution in [1.29, 1.82) is 0 Å². The van der Waals surface area contributed by atoms with E-state index in [-0.39, 0.29) is 0 Å². The van der Waals surface area contributed by atoms with Crippen molar-refractivity contribution in [2.75, 3.05) is 17.2 Å². The van der Waals surface area contributed by atoms with E-state index < -0.39 is 0 Å². The molecule has 31 heavy (non-hydrogen) atoms. The monoisotopic (exact) mass is 408 g/mol. The van der Waals surface area contributed by atoms with Crippen molar-refractivity contribution in [3.05, 3.63) is 73.2 Å². The quantitative estimate of drug-likeness (QED) is 0.282. The van der Waals surface area contributed by atoms with E-state index in [2.05, 4.69) is 74.1 Å². The number of benzene rings is 3. The Labute approximate surface area is 180 Å². The van der Waals surface area contributed by atoms with Crippen LogP contribution in [0.4, 0.5) is 17.2 Å². The van der Waals surface area contributed by atoms with E-state index in [4.69, 9.17) is 0 Å². The molecule has 0 unspecified atom stereocenters. The molecule has 2 aromatic heterocycles. The smallest absolute Gasteiger partial charge is 0.141 e. The minimum atomic E-state index is 0.776. The van der Waals surface area contributed by atoms with E-state index in [0.29, 0.717) is 0 Å². The molecule has 0 saturated heterocycles. The molecule has 0 radical (unpaired) electrons. The van der Waals surface area contributed by atoms with Crippen molar-refractivity contribution in [3.8, 4) is 11.1 Å². The maximum Gasteiger partial charge on any atom is 0.141 e. The highest BCUT2D eigenvalue weighted by Crippen LogP contribution is 2.31. The Balaban J connectivity index is 1.51. The van der Waals surface area contributed by atoms with Crippen LogP contribution < -0.4 is 10.6 Å². The van der Waals surface area contributed by atoms with Crippen LogP contribution in [0, 0.1) is 0 Å². The van der Waals surface area contributed by atoms with Gasteiger partial charge in [-0.25, -0.2) is 9.97 Å². The number of rotatable bonds is 7. The lowest BCUT2D eigenvalue weighted by Gasteiger charge is -2.12. The van der Waals surface area contributed by atoms with Gasteiger partial charge in [0.15, 0.2) is 0 Å². The molecule has 3 N–H and O–H groups in total. The van der Waals surface area contributed by atoms with E-state index >= 15 is 0 Å². The predicted molar refractivity (Wildman–Crippen MR) is 128 cm³/mol. The molecule has 0 aliphatic carbocycles. The summed E-state index contributed by atoms with van der Waals surface area (Å²) in [6.07, 6.45) is 5.76. The first kappa shape index (κ1) is 19.1. The van der Waals surface area contributed by atoms with Crippen LogP contribution in [-0.2, 0) is 0 Å². The maximum atomic E-state index is 4.53. The van der Waals surface area contributed by atoms with Gasteiger partial charge in [0.25, 0.3) is 0 Å². The van der Waals surface area contributed by atoms with Crippen molar-refractivity contribution >= 4 is 39.0 Å². The van der Waals surface area contributed by atoms with Gasteiger partial charge < -0.3 is 10.6 Å². The van der Waals surface area contributed by atoms with E-state index in [1.807, 2.05) is 30.5 Å². The normalized spacial score (nSPS) is 11.1. The third-order valence-electron chi connectivity index (χ3n) is 5.43. The van der Waals surface area contributed by atoms with Crippen molar-refractivity contribution in [2.45, 2.75) is 19.8 Å². The fraction of sp³-hybridized carbons (Fsp3) is 0.160. The minimum Gasteiger partial charge on any atom is -0.385 e. The van der Waals surface area contributed by atoms with Crippen LogP contribution >= 0.6 is 0 Å². The number of aromatic nitrogens is 4. The Kier molecular flexibility index (Phi) is 5.19. The number of unbranched alkanes of at least 4 members (excludes halogenated alkanes) is 1. The van der Waals surface area contributed by atoms with E-state index in [0.717, 1.165) is 63.1 Å². The first-order valence-electron chi connectivity index (χ1n) is 10.6.